The third-order valence-electron chi connectivity index (χ3n) is 9.35. The minimum Gasteiger partial charge on any atom is -0.350 e. The van der Waals surface area contributed by atoms with Crippen LogP contribution < -0.4 is 10.2 Å². The van der Waals surface area contributed by atoms with Gasteiger partial charge in [-0.15, -0.1) is 0 Å². The Morgan fingerprint density at radius 2 is 1.66 bits per heavy atom. The van der Waals surface area contributed by atoms with Gasteiger partial charge in [-0.2, -0.15) is 0 Å². The highest BCUT2D eigenvalue weighted by Gasteiger charge is 2.70. The van der Waals surface area contributed by atoms with Crippen LogP contribution in [0.15, 0.2) is 109 Å². The van der Waals surface area contributed by atoms with Gasteiger partial charge < -0.3 is 10.2 Å². The predicted octanol–water partition coefficient (Wildman–Crippen LogP) is 7.05. The lowest BCUT2D eigenvalue weighted by Crippen LogP contribution is -2.51. The van der Waals surface area contributed by atoms with E-state index in [-0.39, 0.29) is 17.5 Å². The molecule has 5 aromatic rings. The molecule has 6 nitrogen and oxygen atoms in total. The molecule has 0 bridgehead atoms. The lowest BCUT2D eigenvalue weighted by Gasteiger charge is -2.38. The Balaban J connectivity index is 1.48. The highest BCUT2D eigenvalue weighted by molar-refractivity contribution is 6.30. The predicted molar refractivity (Wildman–Crippen MR) is 172 cm³/mol. The Labute approximate surface area is 259 Å². The molecule has 7 heteroatoms. The number of nitrogens with zero attached hydrogens (tertiary/aromatic N) is 2. The number of carbonyl (C=O) groups excluding carboxylic acids is 3. The summed E-state index contributed by atoms with van der Waals surface area (Å²) < 4.78 is 0. The van der Waals surface area contributed by atoms with Crippen molar-refractivity contribution in [1.82, 2.24) is 4.98 Å². The number of fused-ring (bicyclic) bond motifs is 8. The minimum atomic E-state index is -1.40. The number of Topliss-reactive ketones (excluding diaryl/α,β-unsaturated/α-hetero) is 2. The van der Waals surface area contributed by atoms with E-state index in [0.29, 0.717) is 27.4 Å². The van der Waals surface area contributed by atoms with Gasteiger partial charge in [0.25, 0.3) is 0 Å². The molecule has 1 N–H and O–H groups in total. The first-order valence-electron chi connectivity index (χ1n) is 14.6. The van der Waals surface area contributed by atoms with Gasteiger partial charge in [-0.1, -0.05) is 90.0 Å². The first-order chi connectivity index (χ1) is 21.4. The van der Waals surface area contributed by atoms with Crippen LogP contribution in [0.1, 0.15) is 37.4 Å². The second-order valence-electron chi connectivity index (χ2n) is 11.7. The summed E-state index contributed by atoms with van der Waals surface area (Å²) in [6, 6.07) is 27.7. The lowest BCUT2D eigenvalue weighted by molar-refractivity contribution is -0.121. The molecular weight excluding hydrogens is 570 g/mol. The van der Waals surface area contributed by atoms with Crippen molar-refractivity contribution in [2.24, 2.45) is 5.92 Å². The highest BCUT2D eigenvalue weighted by Crippen LogP contribution is 2.59. The normalized spacial score (nSPS) is 22.9. The molecule has 1 fully saturated rings. The minimum absolute atomic E-state index is 0.263. The molecule has 3 aliphatic heterocycles. The zero-order chi connectivity index (χ0) is 30.2. The summed E-state index contributed by atoms with van der Waals surface area (Å²) in [5, 5.41) is 4.50. The number of hydrogen-bond acceptors (Lipinski definition) is 5. The Kier molecular flexibility index (Phi) is 5.87. The van der Waals surface area contributed by atoms with E-state index >= 15 is 0 Å². The van der Waals surface area contributed by atoms with Crippen LogP contribution in [0.25, 0.3) is 17.0 Å². The van der Waals surface area contributed by atoms with Crippen molar-refractivity contribution in [1.29, 1.82) is 0 Å². The second kappa shape index (κ2) is 9.73. The van der Waals surface area contributed by atoms with Crippen LogP contribution in [0, 0.1) is 12.8 Å². The molecule has 4 atom stereocenters. The SMILES string of the molecule is Cc1ccc2c(c1)[C@]1(C(=O)N2)C2C=Cc3ccc4cccnc4c3N2[C@@H](C(=O)c2ccc(Cl)cc2)[C@@H]1C(=O)c1ccccc1. The fourth-order valence-corrected chi connectivity index (χ4v) is 7.64. The number of halogens is 1. The van der Waals surface area contributed by atoms with E-state index in [1.807, 2.05) is 72.5 Å². The van der Waals surface area contributed by atoms with Gasteiger partial charge in [0.05, 0.1) is 23.2 Å². The van der Waals surface area contributed by atoms with Gasteiger partial charge in [0, 0.05) is 33.4 Å². The Hall–Kier alpha value is -5.07. The number of benzene rings is 4. The molecule has 8 rings (SSSR count). The van der Waals surface area contributed by atoms with Crippen molar-refractivity contribution in [2.75, 3.05) is 10.2 Å². The average Bonchev–Trinajstić information content (AvgIpc) is 3.52. The molecule has 1 amide bonds. The Morgan fingerprint density at radius 1 is 0.886 bits per heavy atom. The number of carbonyl (C=O) groups is 3. The van der Waals surface area contributed by atoms with Gasteiger partial charge in [0.1, 0.15) is 11.5 Å². The number of ketones is 2. The summed E-state index contributed by atoms with van der Waals surface area (Å²) in [7, 11) is 0. The van der Waals surface area contributed by atoms with E-state index in [2.05, 4.69) is 5.32 Å². The third kappa shape index (κ3) is 3.61. The van der Waals surface area contributed by atoms with Crippen LogP contribution in [-0.4, -0.2) is 34.5 Å². The van der Waals surface area contributed by atoms with Gasteiger partial charge in [-0.3, -0.25) is 19.4 Å². The van der Waals surface area contributed by atoms with Crippen molar-refractivity contribution in [3.63, 3.8) is 0 Å². The van der Waals surface area contributed by atoms with Crippen molar-refractivity contribution in [3.8, 4) is 0 Å². The molecule has 3 aliphatic rings. The molecule has 0 aliphatic carbocycles. The van der Waals surface area contributed by atoms with Crippen LogP contribution in [0.5, 0.6) is 0 Å². The van der Waals surface area contributed by atoms with E-state index in [9.17, 15) is 14.4 Å². The summed E-state index contributed by atoms with van der Waals surface area (Å²) in [5.74, 6) is -1.88. The van der Waals surface area contributed by atoms with Crippen molar-refractivity contribution in [3.05, 3.63) is 142 Å². The second-order valence-corrected chi connectivity index (χ2v) is 12.1. The fraction of sp³-hybridized carbons (Fsp3) is 0.135. The Morgan fingerprint density at radius 3 is 2.45 bits per heavy atom. The average molecular weight is 596 g/mol. The van der Waals surface area contributed by atoms with E-state index < -0.39 is 23.4 Å². The summed E-state index contributed by atoms with van der Waals surface area (Å²) in [4.78, 5) is 51.3. The maximum absolute atomic E-state index is 14.9. The van der Waals surface area contributed by atoms with Crippen molar-refractivity contribution < 1.29 is 14.4 Å². The monoisotopic (exact) mass is 595 g/mol. The molecular formula is C37H26ClN3O3. The molecule has 0 radical (unpaired) electrons. The quantitative estimate of drug-likeness (QED) is 0.225. The maximum atomic E-state index is 14.9. The number of aromatic nitrogens is 1. The van der Waals surface area contributed by atoms with Crippen LogP contribution in [0.3, 0.4) is 0 Å². The fourth-order valence-electron chi connectivity index (χ4n) is 7.51. The molecule has 4 heterocycles. The molecule has 1 unspecified atom stereocenters. The van der Waals surface area contributed by atoms with Gasteiger partial charge in [-0.05, 0) is 54.4 Å². The summed E-state index contributed by atoms with van der Waals surface area (Å²) >= 11 is 6.22. The van der Waals surface area contributed by atoms with Gasteiger partial charge in [0.2, 0.25) is 5.91 Å². The summed E-state index contributed by atoms with van der Waals surface area (Å²) in [6.07, 6.45) is 5.70. The molecule has 1 spiro atoms. The molecule has 0 saturated carbocycles. The lowest BCUT2D eigenvalue weighted by atomic mass is 9.64. The topological polar surface area (TPSA) is 79.4 Å². The van der Waals surface area contributed by atoms with E-state index in [0.717, 1.165) is 27.8 Å². The van der Waals surface area contributed by atoms with Crippen molar-refractivity contribution >= 4 is 57.4 Å². The zero-order valence-corrected chi connectivity index (χ0v) is 24.5. The van der Waals surface area contributed by atoms with Gasteiger partial charge in [-0.25, -0.2) is 0 Å². The number of aryl methyl sites for hydroxylation is 1. The third-order valence-corrected chi connectivity index (χ3v) is 9.60. The van der Waals surface area contributed by atoms with Crippen LogP contribution in [0.2, 0.25) is 5.02 Å². The number of pyridine rings is 1. The van der Waals surface area contributed by atoms with Crippen LogP contribution in [0.4, 0.5) is 11.4 Å². The molecule has 1 aromatic heterocycles. The van der Waals surface area contributed by atoms with E-state index in [1.165, 1.54) is 0 Å². The number of nitrogens with one attached hydrogen (secondary N) is 1. The number of rotatable bonds is 4. The highest BCUT2D eigenvalue weighted by atomic mass is 35.5. The standard InChI is InChI=1S/C37H26ClN3O3/c1-21-9-17-28-27(20-21)37(36(44)40-28)29-18-14-23-11-10-22-8-5-19-39-31(22)32(23)41(29)33(35(43)25-12-15-26(38)16-13-25)30(37)34(42)24-6-3-2-4-7-24/h2-20,29-30,33H,1H3,(H,40,44)/t29?,30-,33-,37+/m1/s1. The number of anilines is 2. The molecule has 214 valence electrons. The largest absolute Gasteiger partial charge is 0.350 e. The van der Waals surface area contributed by atoms with E-state index in [1.54, 1.807) is 54.7 Å². The van der Waals surface area contributed by atoms with E-state index in [4.69, 9.17) is 16.6 Å². The maximum Gasteiger partial charge on any atom is 0.238 e. The number of amides is 1. The zero-order valence-electron chi connectivity index (χ0n) is 23.7. The first kappa shape index (κ1) is 26.5. The molecule has 44 heavy (non-hydrogen) atoms. The van der Waals surface area contributed by atoms with Crippen LogP contribution in [-0.2, 0) is 10.2 Å². The first-order valence-corrected chi connectivity index (χ1v) is 14.9. The number of hydrogen-bond donors (Lipinski definition) is 1. The molecule has 4 aromatic carbocycles. The van der Waals surface area contributed by atoms with Gasteiger partial charge in [0.15, 0.2) is 11.6 Å². The smallest absolute Gasteiger partial charge is 0.238 e. The summed E-state index contributed by atoms with van der Waals surface area (Å²) in [5.41, 5.74) is 4.10. The Bertz CT molecular complexity index is 2060. The van der Waals surface area contributed by atoms with Gasteiger partial charge >= 0.3 is 0 Å². The van der Waals surface area contributed by atoms with Crippen molar-refractivity contribution in [2.45, 2.75) is 24.4 Å². The molecule has 1 saturated heterocycles. The summed E-state index contributed by atoms with van der Waals surface area (Å²) in [6.45, 7) is 1.97. The van der Waals surface area contributed by atoms with Crippen LogP contribution >= 0.6 is 11.6 Å².